The van der Waals surface area contributed by atoms with Gasteiger partial charge in [-0.05, 0) is 60.9 Å². The fourth-order valence-electron chi connectivity index (χ4n) is 2.90. The van der Waals surface area contributed by atoms with Crippen LogP contribution in [0.5, 0.6) is 0 Å². The predicted molar refractivity (Wildman–Crippen MR) is 83.0 cm³/mol. The van der Waals surface area contributed by atoms with Gasteiger partial charge in [0, 0.05) is 22.0 Å². The molecule has 106 valence electrons. The van der Waals surface area contributed by atoms with Gasteiger partial charge in [0.2, 0.25) is 0 Å². The minimum absolute atomic E-state index is 0.110. The van der Waals surface area contributed by atoms with E-state index in [0.717, 1.165) is 12.0 Å². The van der Waals surface area contributed by atoms with E-state index >= 15 is 0 Å². The minimum Gasteiger partial charge on any atom is -0.303 e. The van der Waals surface area contributed by atoms with Crippen molar-refractivity contribution in [3.63, 3.8) is 0 Å². The Morgan fingerprint density at radius 3 is 3.05 bits per heavy atom. The molecule has 1 aromatic carbocycles. The van der Waals surface area contributed by atoms with Crippen LogP contribution >= 0.6 is 22.9 Å². The fourth-order valence-corrected chi connectivity index (χ4v) is 4.22. The van der Waals surface area contributed by atoms with Crippen molar-refractivity contribution in [2.75, 3.05) is 0 Å². The summed E-state index contributed by atoms with van der Waals surface area (Å²) in [6.45, 7) is 2.08. The lowest BCUT2D eigenvalue weighted by molar-refractivity contribution is 0.418. The average Bonchev–Trinajstić information content (AvgIpc) is 2.87. The molecule has 1 nitrogen and oxygen atoms in total. The van der Waals surface area contributed by atoms with Crippen LogP contribution in [0.25, 0.3) is 0 Å². The van der Waals surface area contributed by atoms with Crippen LogP contribution in [0.15, 0.2) is 29.6 Å². The second-order valence-corrected chi connectivity index (χ2v) is 6.71. The molecule has 20 heavy (non-hydrogen) atoms. The first-order chi connectivity index (χ1) is 9.65. The molecule has 0 amide bonds. The Morgan fingerprint density at radius 1 is 1.40 bits per heavy atom. The maximum atomic E-state index is 13.1. The van der Waals surface area contributed by atoms with Crippen molar-refractivity contribution in [2.45, 2.75) is 38.3 Å². The number of benzene rings is 1. The quantitative estimate of drug-likeness (QED) is 0.814. The largest absolute Gasteiger partial charge is 0.303 e. The van der Waals surface area contributed by atoms with E-state index in [9.17, 15) is 4.39 Å². The number of hydrogen-bond donors (Lipinski definition) is 1. The molecule has 0 saturated carbocycles. The summed E-state index contributed by atoms with van der Waals surface area (Å²) in [7, 11) is 0. The van der Waals surface area contributed by atoms with Crippen LogP contribution in [0.2, 0.25) is 5.02 Å². The van der Waals surface area contributed by atoms with Crippen molar-refractivity contribution < 1.29 is 4.39 Å². The summed E-state index contributed by atoms with van der Waals surface area (Å²) in [4.78, 5) is 1.49. The van der Waals surface area contributed by atoms with Gasteiger partial charge in [-0.1, -0.05) is 17.7 Å². The summed E-state index contributed by atoms with van der Waals surface area (Å²) < 4.78 is 13.1. The molecule has 0 radical (unpaired) electrons. The number of aryl methyl sites for hydroxylation is 1. The number of nitrogens with one attached hydrogen (secondary N) is 1. The van der Waals surface area contributed by atoms with Gasteiger partial charge in [0.1, 0.15) is 5.82 Å². The molecule has 0 spiro atoms. The second kappa shape index (κ2) is 5.84. The molecule has 1 N–H and O–H groups in total. The molecule has 1 aliphatic rings. The number of fused-ring (bicyclic) bond motifs is 1. The summed E-state index contributed by atoms with van der Waals surface area (Å²) in [5.41, 5.74) is 2.38. The van der Waals surface area contributed by atoms with Gasteiger partial charge in [-0.2, -0.15) is 0 Å². The van der Waals surface area contributed by atoms with E-state index in [1.54, 1.807) is 6.07 Å². The number of thiophene rings is 1. The molecule has 0 aliphatic heterocycles. The van der Waals surface area contributed by atoms with E-state index in [-0.39, 0.29) is 11.9 Å². The Morgan fingerprint density at radius 2 is 2.25 bits per heavy atom. The standard InChI is InChI=1S/C16H17ClFNS/c1-10(12-6-5-11(18)9-14(12)17)19-15-3-2-4-16-13(15)7-8-20-16/h5-10,15,19H,2-4H2,1H3. The molecule has 4 heteroatoms. The molecule has 2 unspecified atom stereocenters. The molecule has 1 aliphatic carbocycles. The highest BCUT2D eigenvalue weighted by Gasteiger charge is 2.23. The van der Waals surface area contributed by atoms with E-state index in [4.69, 9.17) is 11.6 Å². The normalized spacial score (nSPS) is 19.6. The van der Waals surface area contributed by atoms with E-state index in [1.165, 1.54) is 35.4 Å². The highest BCUT2D eigenvalue weighted by Crippen LogP contribution is 2.35. The smallest absolute Gasteiger partial charge is 0.124 e. The maximum absolute atomic E-state index is 13.1. The van der Waals surface area contributed by atoms with E-state index < -0.39 is 0 Å². The van der Waals surface area contributed by atoms with Gasteiger partial charge in [-0.3, -0.25) is 0 Å². The average molecular weight is 310 g/mol. The minimum atomic E-state index is -0.288. The highest BCUT2D eigenvalue weighted by atomic mass is 35.5. The molecule has 1 aromatic heterocycles. The Kier molecular flexibility index (Phi) is 4.11. The van der Waals surface area contributed by atoms with Crippen molar-refractivity contribution in [3.8, 4) is 0 Å². The van der Waals surface area contributed by atoms with Gasteiger partial charge in [-0.15, -0.1) is 11.3 Å². The molecule has 1 heterocycles. The van der Waals surface area contributed by atoms with Gasteiger partial charge >= 0.3 is 0 Å². The third kappa shape index (κ3) is 2.76. The summed E-state index contributed by atoms with van der Waals surface area (Å²) in [6.07, 6.45) is 3.55. The third-order valence-electron chi connectivity index (χ3n) is 3.93. The summed E-state index contributed by atoms with van der Waals surface area (Å²) in [6, 6.07) is 7.32. The van der Waals surface area contributed by atoms with Gasteiger partial charge in [-0.25, -0.2) is 4.39 Å². The first-order valence-electron chi connectivity index (χ1n) is 6.92. The van der Waals surface area contributed by atoms with Gasteiger partial charge in [0.25, 0.3) is 0 Å². The first-order valence-corrected chi connectivity index (χ1v) is 8.18. The number of hydrogen-bond acceptors (Lipinski definition) is 2. The van der Waals surface area contributed by atoms with Crippen LogP contribution in [0.4, 0.5) is 4.39 Å². The summed E-state index contributed by atoms with van der Waals surface area (Å²) >= 11 is 7.98. The number of rotatable bonds is 3. The van der Waals surface area contributed by atoms with Crippen LogP contribution in [-0.2, 0) is 6.42 Å². The molecule has 2 aromatic rings. The summed E-state index contributed by atoms with van der Waals surface area (Å²) in [5.74, 6) is -0.288. The van der Waals surface area contributed by atoms with Crippen LogP contribution < -0.4 is 5.32 Å². The van der Waals surface area contributed by atoms with Crippen molar-refractivity contribution >= 4 is 22.9 Å². The molecular formula is C16H17ClFNS. The van der Waals surface area contributed by atoms with Crippen molar-refractivity contribution in [1.82, 2.24) is 5.32 Å². The van der Waals surface area contributed by atoms with Crippen LogP contribution in [0, 0.1) is 5.82 Å². The van der Waals surface area contributed by atoms with Crippen LogP contribution in [-0.4, -0.2) is 0 Å². The molecule has 3 rings (SSSR count). The lowest BCUT2D eigenvalue weighted by Crippen LogP contribution is -2.27. The first kappa shape index (κ1) is 14.1. The fraction of sp³-hybridized carbons (Fsp3) is 0.375. The van der Waals surface area contributed by atoms with Crippen molar-refractivity contribution in [3.05, 3.63) is 56.5 Å². The van der Waals surface area contributed by atoms with Crippen molar-refractivity contribution in [2.24, 2.45) is 0 Å². The third-order valence-corrected chi connectivity index (χ3v) is 5.26. The van der Waals surface area contributed by atoms with E-state index in [2.05, 4.69) is 23.7 Å². The van der Waals surface area contributed by atoms with E-state index in [0.29, 0.717) is 11.1 Å². The lowest BCUT2D eigenvalue weighted by Gasteiger charge is -2.27. The Balaban J connectivity index is 1.79. The molecule has 0 fully saturated rings. The Labute approximate surface area is 127 Å². The lowest BCUT2D eigenvalue weighted by atomic mass is 9.93. The zero-order valence-electron chi connectivity index (χ0n) is 11.3. The number of halogens is 2. The van der Waals surface area contributed by atoms with Gasteiger partial charge in [0.15, 0.2) is 0 Å². The molecular weight excluding hydrogens is 293 g/mol. The van der Waals surface area contributed by atoms with E-state index in [1.807, 2.05) is 11.3 Å². The van der Waals surface area contributed by atoms with Crippen molar-refractivity contribution in [1.29, 1.82) is 0 Å². The maximum Gasteiger partial charge on any atom is 0.124 e. The zero-order valence-corrected chi connectivity index (χ0v) is 12.9. The zero-order chi connectivity index (χ0) is 14.1. The second-order valence-electron chi connectivity index (χ2n) is 5.30. The predicted octanol–water partition coefficient (Wildman–Crippen LogP) is 5.27. The highest BCUT2D eigenvalue weighted by molar-refractivity contribution is 7.10. The molecule has 2 atom stereocenters. The van der Waals surface area contributed by atoms with Gasteiger partial charge in [0.05, 0.1) is 0 Å². The van der Waals surface area contributed by atoms with Crippen LogP contribution in [0.3, 0.4) is 0 Å². The van der Waals surface area contributed by atoms with Gasteiger partial charge < -0.3 is 5.32 Å². The molecule has 0 saturated heterocycles. The Hall–Kier alpha value is -0.900. The molecule has 0 bridgehead atoms. The SMILES string of the molecule is CC(NC1CCCc2sccc21)c1ccc(F)cc1Cl. The monoisotopic (exact) mass is 309 g/mol. The Bertz CT molecular complexity index is 610. The van der Waals surface area contributed by atoms with Crippen LogP contribution in [0.1, 0.15) is 47.9 Å². The summed E-state index contributed by atoms with van der Waals surface area (Å²) in [5, 5.41) is 6.30. The topological polar surface area (TPSA) is 12.0 Å².